The Kier molecular flexibility index (Phi) is 14.5. The predicted octanol–water partition coefficient (Wildman–Crippen LogP) is 8.61. The average molecular weight is 576 g/mol. The summed E-state index contributed by atoms with van der Waals surface area (Å²) in [4.78, 5) is 32.5. The number of carboxylic acid groups (broad SMARTS) is 1. The molecular weight excluding hydrogens is 522 g/mol. The minimum atomic E-state index is -0.751. The van der Waals surface area contributed by atoms with Crippen LogP contribution in [0, 0.1) is 5.92 Å². The number of aliphatic carboxylic acids is 1. The van der Waals surface area contributed by atoms with Crippen molar-refractivity contribution in [3.8, 4) is 0 Å². The zero-order chi connectivity index (χ0) is 31.2. The number of aliphatic imine (C=N–C) groups is 1. The molecule has 0 spiro atoms. The minimum Gasteiger partial charge on any atom is -0.481 e. The van der Waals surface area contributed by atoms with Crippen molar-refractivity contribution in [2.24, 2.45) is 10.9 Å². The van der Waals surface area contributed by atoms with Crippen molar-refractivity contribution in [3.05, 3.63) is 76.5 Å². The monoisotopic (exact) mass is 575 g/mol. The standard InChI is InChI=1S/C34H47N3O3.C2H6/c1-7-11-12-20-37-23(5)21-31(33(38)35-28-17-14-25(9-3)15-18-28)36-32(37)27-16-19-30(26(22-27)13-8-2)24(6)29(10-4)34(39)40;1-2/h14-19,21-22,24,29,31H,7-13,20H2,1-6H3,(H,35,38)(H,39,40);1-2H3. The molecule has 0 fully saturated rings. The molecule has 42 heavy (non-hydrogen) atoms. The normalized spacial score (nSPS) is 16.0. The molecule has 230 valence electrons. The molecule has 0 radical (unpaired) electrons. The van der Waals surface area contributed by atoms with E-state index >= 15 is 0 Å². The van der Waals surface area contributed by atoms with E-state index in [1.165, 1.54) is 5.56 Å². The molecule has 0 aromatic heterocycles. The van der Waals surface area contributed by atoms with Crippen LogP contribution < -0.4 is 5.32 Å². The average Bonchev–Trinajstić information content (AvgIpc) is 2.99. The van der Waals surface area contributed by atoms with Crippen LogP contribution in [0.15, 0.2) is 59.2 Å². The molecule has 0 saturated heterocycles. The summed E-state index contributed by atoms with van der Waals surface area (Å²) in [5.41, 5.74) is 6.23. The van der Waals surface area contributed by atoms with Crippen LogP contribution in [-0.2, 0) is 22.4 Å². The van der Waals surface area contributed by atoms with E-state index in [1.807, 2.05) is 58.0 Å². The molecule has 0 aliphatic carbocycles. The highest BCUT2D eigenvalue weighted by Gasteiger charge is 2.29. The number of carboxylic acids is 1. The molecule has 3 rings (SSSR count). The van der Waals surface area contributed by atoms with Crippen LogP contribution in [0.2, 0.25) is 0 Å². The number of anilines is 1. The maximum atomic E-state index is 13.4. The lowest BCUT2D eigenvalue weighted by molar-refractivity contribution is -0.142. The van der Waals surface area contributed by atoms with E-state index in [4.69, 9.17) is 4.99 Å². The Morgan fingerprint density at radius 2 is 1.69 bits per heavy atom. The molecule has 1 heterocycles. The first-order valence-electron chi connectivity index (χ1n) is 16.0. The van der Waals surface area contributed by atoms with Crippen LogP contribution >= 0.6 is 0 Å². The van der Waals surface area contributed by atoms with Gasteiger partial charge in [-0.15, -0.1) is 0 Å². The Morgan fingerprint density at radius 3 is 2.26 bits per heavy atom. The van der Waals surface area contributed by atoms with Gasteiger partial charge in [0.15, 0.2) is 6.04 Å². The molecule has 2 N–H and O–H groups in total. The van der Waals surface area contributed by atoms with E-state index in [-0.39, 0.29) is 11.8 Å². The Bertz CT molecular complexity index is 1220. The number of hydrogen-bond donors (Lipinski definition) is 2. The van der Waals surface area contributed by atoms with E-state index in [0.717, 1.165) is 79.0 Å². The molecule has 3 atom stereocenters. The Balaban J connectivity index is 0.00000301. The van der Waals surface area contributed by atoms with Gasteiger partial charge >= 0.3 is 5.97 Å². The number of nitrogens with one attached hydrogen (secondary N) is 1. The summed E-state index contributed by atoms with van der Waals surface area (Å²) in [6, 6.07) is 13.6. The molecule has 6 heteroatoms. The van der Waals surface area contributed by atoms with Gasteiger partial charge in [0.05, 0.1) is 5.92 Å². The lowest BCUT2D eigenvalue weighted by Crippen LogP contribution is -2.39. The second-order valence-electron chi connectivity index (χ2n) is 10.9. The van der Waals surface area contributed by atoms with Crippen LogP contribution in [0.25, 0.3) is 0 Å². The molecule has 3 unspecified atom stereocenters. The van der Waals surface area contributed by atoms with Crippen molar-refractivity contribution in [2.75, 3.05) is 11.9 Å². The van der Waals surface area contributed by atoms with E-state index in [9.17, 15) is 14.7 Å². The highest BCUT2D eigenvalue weighted by molar-refractivity contribution is 6.05. The quantitative estimate of drug-likeness (QED) is 0.221. The molecule has 1 aliphatic rings. The van der Waals surface area contributed by atoms with Gasteiger partial charge in [-0.3, -0.25) is 9.59 Å². The van der Waals surface area contributed by atoms with Crippen molar-refractivity contribution in [3.63, 3.8) is 0 Å². The van der Waals surface area contributed by atoms with Crippen LogP contribution in [0.1, 0.15) is 116 Å². The minimum absolute atomic E-state index is 0.0914. The fraction of sp³-hybridized carbons (Fsp3) is 0.528. The Labute approximate surface area is 254 Å². The molecular formula is C36H53N3O3. The third kappa shape index (κ3) is 9.04. The first kappa shape index (κ1) is 34.8. The molecule has 0 saturated carbocycles. The van der Waals surface area contributed by atoms with Gasteiger partial charge in [-0.2, -0.15) is 0 Å². The van der Waals surface area contributed by atoms with E-state index < -0.39 is 17.9 Å². The van der Waals surface area contributed by atoms with Crippen molar-refractivity contribution in [1.82, 2.24) is 4.90 Å². The fourth-order valence-corrected chi connectivity index (χ4v) is 5.56. The van der Waals surface area contributed by atoms with E-state index in [1.54, 1.807) is 0 Å². The highest BCUT2D eigenvalue weighted by Crippen LogP contribution is 2.32. The van der Waals surface area contributed by atoms with Crippen LogP contribution in [-0.4, -0.2) is 40.3 Å². The fourth-order valence-electron chi connectivity index (χ4n) is 5.56. The number of carbonyl (C=O) groups excluding carboxylic acids is 1. The molecule has 1 amide bonds. The third-order valence-corrected chi connectivity index (χ3v) is 8.00. The number of nitrogens with zero attached hydrogens (tertiary/aromatic N) is 2. The Morgan fingerprint density at radius 1 is 1.00 bits per heavy atom. The second kappa shape index (κ2) is 17.5. The van der Waals surface area contributed by atoms with Gasteiger partial charge in [0.1, 0.15) is 5.84 Å². The summed E-state index contributed by atoms with van der Waals surface area (Å²) in [7, 11) is 0. The number of hydrogen-bond acceptors (Lipinski definition) is 4. The van der Waals surface area contributed by atoms with E-state index in [0.29, 0.717) is 6.42 Å². The van der Waals surface area contributed by atoms with E-state index in [2.05, 4.69) is 56.1 Å². The number of amidine groups is 1. The zero-order valence-electron chi connectivity index (χ0n) is 27.2. The summed E-state index contributed by atoms with van der Waals surface area (Å²) in [6.45, 7) is 17.3. The maximum Gasteiger partial charge on any atom is 0.307 e. The second-order valence-corrected chi connectivity index (χ2v) is 10.9. The number of rotatable bonds is 14. The number of unbranched alkanes of at least 4 members (excludes halogenated alkanes) is 2. The zero-order valence-corrected chi connectivity index (χ0v) is 27.2. The van der Waals surface area contributed by atoms with Gasteiger partial charge in [0.25, 0.3) is 5.91 Å². The summed E-state index contributed by atoms with van der Waals surface area (Å²) < 4.78 is 0. The largest absolute Gasteiger partial charge is 0.481 e. The molecule has 2 aromatic rings. The van der Waals surface area contributed by atoms with Gasteiger partial charge in [0.2, 0.25) is 0 Å². The predicted molar refractivity (Wildman–Crippen MR) is 176 cm³/mol. The lowest BCUT2D eigenvalue weighted by atomic mass is 9.82. The molecule has 1 aliphatic heterocycles. The highest BCUT2D eigenvalue weighted by atomic mass is 16.4. The van der Waals surface area contributed by atoms with Crippen molar-refractivity contribution < 1.29 is 14.7 Å². The SMILES string of the molecule is CC.CCCCCN1C(C)=CC(C(=O)Nc2ccc(CC)cc2)N=C1c1ccc(C(C)C(CC)C(=O)O)c(CCC)c1. The first-order chi connectivity index (χ1) is 20.2. The van der Waals surface area contributed by atoms with Gasteiger partial charge in [-0.05, 0) is 79.5 Å². The summed E-state index contributed by atoms with van der Waals surface area (Å²) >= 11 is 0. The van der Waals surface area contributed by atoms with Gasteiger partial charge in [0, 0.05) is 23.5 Å². The Hall–Kier alpha value is -3.41. The number of amides is 1. The number of carbonyl (C=O) groups is 2. The van der Waals surface area contributed by atoms with Crippen molar-refractivity contribution in [2.45, 2.75) is 112 Å². The molecule has 2 aromatic carbocycles. The van der Waals surface area contributed by atoms with Gasteiger partial charge in [-0.25, -0.2) is 4.99 Å². The van der Waals surface area contributed by atoms with Crippen LogP contribution in [0.5, 0.6) is 0 Å². The topological polar surface area (TPSA) is 82.0 Å². The smallest absolute Gasteiger partial charge is 0.307 e. The first-order valence-corrected chi connectivity index (χ1v) is 16.0. The summed E-state index contributed by atoms with van der Waals surface area (Å²) in [5.74, 6) is -0.616. The van der Waals surface area contributed by atoms with Crippen LogP contribution in [0.4, 0.5) is 5.69 Å². The van der Waals surface area contributed by atoms with Gasteiger partial charge < -0.3 is 15.3 Å². The summed E-state index contributed by atoms with van der Waals surface area (Å²) in [5, 5.41) is 12.8. The lowest BCUT2D eigenvalue weighted by Gasteiger charge is -2.33. The summed E-state index contributed by atoms with van der Waals surface area (Å²) in [6.07, 6.45) is 8.60. The maximum absolute atomic E-state index is 13.4. The number of aryl methyl sites for hydroxylation is 2. The van der Waals surface area contributed by atoms with Crippen LogP contribution in [0.3, 0.4) is 0 Å². The van der Waals surface area contributed by atoms with Crippen molar-refractivity contribution >= 4 is 23.4 Å². The molecule has 0 bridgehead atoms. The van der Waals surface area contributed by atoms with Gasteiger partial charge in [-0.1, -0.05) is 92.0 Å². The number of benzene rings is 2. The van der Waals surface area contributed by atoms with Crippen molar-refractivity contribution in [1.29, 1.82) is 0 Å². The molecule has 6 nitrogen and oxygen atoms in total. The number of allylic oxidation sites excluding steroid dienone is 1. The third-order valence-electron chi connectivity index (χ3n) is 8.00.